The fraction of sp³-hybridized carbons (Fsp3) is 0. The number of hydrazine groups is 1. The summed E-state index contributed by atoms with van der Waals surface area (Å²) in [6, 6.07) is 7.51. The third kappa shape index (κ3) is 3.96. The molecule has 0 spiro atoms. The van der Waals surface area contributed by atoms with Gasteiger partial charge in [0.15, 0.2) is 0 Å². The van der Waals surface area contributed by atoms with Gasteiger partial charge in [0.25, 0.3) is 11.8 Å². The van der Waals surface area contributed by atoms with Crippen LogP contribution in [0.2, 0.25) is 5.02 Å². The number of halogens is 3. The Kier molecular flexibility index (Phi) is 4.99. The van der Waals surface area contributed by atoms with Crippen molar-refractivity contribution in [2.24, 2.45) is 0 Å². The molecule has 0 saturated carbocycles. The predicted molar refractivity (Wildman–Crippen MR) is 82.1 cm³/mol. The smallest absolute Gasteiger partial charge is 0.273 e. The van der Waals surface area contributed by atoms with Crippen molar-refractivity contribution >= 4 is 39.3 Å². The van der Waals surface area contributed by atoms with Crippen LogP contribution in [-0.4, -0.2) is 16.9 Å². The molecule has 8 heteroatoms. The van der Waals surface area contributed by atoms with Crippen LogP contribution in [0.15, 0.2) is 40.9 Å². The summed E-state index contributed by atoms with van der Waals surface area (Å²) in [6.45, 7) is 0. The first-order valence-corrected chi connectivity index (χ1v) is 7.09. The second-order valence-electron chi connectivity index (χ2n) is 4.23. The Morgan fingerprint density at radius 3 is 2.45 bits per heavy atom. The molecular formula is C14H9BrClFN2O3. The van der Waals surface area contributed by atoms with Gasteiger partial charge in [-0.15, -0.1) is 0 Å². The van der Waals surface area contributed by atoms with Crippen LogP contribution in [0.5, 0.6) is 5.75 Å². The van der Waals surface area contributed by atoms with Gasteiger partial charge in [-0.2, -0.15) is 0 Å². The molecule has 0 aliphatic rings. The number of benzene rings is 2. The second kappa shape index (κ2) is 6.76. The fourth-order valence-corrected chi connectivity index (χ4v) is 2.27. The molecule has 5 nitrogen and oxygen atoms in total. The minimum absolute atomic E-state index is 0.0162. The average molecular weight is 388 g/mol. The van der Waals surface area contributed by atoms with Gasteiger partial charge in [0.2, 0.25) is 0 Å². The molecule has 0 fully saturated rings. The number of rotatable bonds is 2. The molecule has 22 heavy (non-hydrogen) atoms. The Bertz CT molecular complexity index is 735. The van der Waals surface area contributed by atoms with E-state index in [9.17, 15) is 19.1 Å². The number of phenolic OH excluding ortho intramolecular Hbond substituents is 1. The van der Waals surface area contributed by atoms with Crippen molar-refractivity contribution in [3.8, 4) is 5.75 Å². The quantitative estimate of drug-likeness (QED) is 0.693. The van der Waals surface area contributed by atoms with E-state index in [1.54, 1.807) is 0 Å². The SMILES string of the molecule is O=C(NNC(=O)c1cc(Cl)ccc1O)c1cc(F)cc(Br)c1. The van der Waals surface area contributed by atoms with E-state index in [0.29, 0.717) is 4.47 Å². The number of hydrogen-bond donors (Lipinski definition) is 3. The first-order chi connectivity index (χ1) is 10.4. The summed E-state index contributed by atoms with van der Waals surface area (Å²) >= 11 is 8.79. The zero-order valence-electron chi connectivity index (χ0n) is 10.9. The summed E-state index contributed by atoms with van der Waals surface area (Å²) < 4.78 is 13.6. The van der Waals surface area contributed by atoms with Crippen molar-refractivity contribution in [1.29, 1.82) is 0 Å². The average Bonchev–Trinajstić information content (AvgIpc) is 2.45. The molecule has 0 heterocycles. The Morgan fingerprint density at radius 2 is 1.77 bits per heavy atom. The lowest BCUT2D eigenvalue weighted by Gasteiger charge is -2.09. The summed E-state index contributed by atoms with van der Waals surface area (Å²) in [6.07, 6.45) is 0. The molecule has 0 radical (unpaired) electrons. The highest BCUT2D eigenvalue weighted by Gasteiger charge is 2.14. The van der Waals surface area contributed by atoms with Gasteiger partial charge < -0.3 is 5.11 Å². The van der Waals surface area contributed by atoms with Gasteiger partial charge in [-0.05, 0) is 36.4 Å². The number of carbonyl (C=O) groups is 2. The van der Waals surface area contributed by atoms with Crippen LogP contribution in [0.4, 0.5) is 4.39 Å². The first kappa shape index (κ1) is 16.3. The maximum absolute atomic E-state index is 13.2. The monoisotopic (exact) mass is 386 g/mol. The Labute approximate surface area is 138 Å². The molecule has 0 bridgehead atoms. The van der Waals surface area contributed by atoms with Crippen LogP contribution in [0, 0.1) is 5.82 Å². The highest BCUT2D eigenvalue weighted by molar-refractivity contribution is 9.10. The van der Waals surface area contributed by atoms with Crippen molar-refractivity contribution < 1.29 is 19.1 Å². The largest absolute Gasteiger partial charge is 0.507 e. The summed E-state index contributed by atoms with van der Waals surface area (Å²) in [5, 5.41) is 9.83. The molecule has 2 aromatic rings. The molecule has 0 aromatic heterocycles. The molecule has 0 aliphatic heterocycles. The van der Waals surface area contributed by atoms with Crippen molar-refractivity contribution in [2.75, 3.05) is 0 Å². The molecule has 0 saturated heterocycles. The highest BCUT2D eigenvalue weighted by Crippen LogP contribution is 2.21. The maximum Gasteiger partial charge on any atom is 0.273 e. The van der Waals surface area contributed by atoms with Crippen molar-refractivity contribution in [3.05, 3.63) is 62.8 Å². The molecule has 2 aromatic carbocycles. The number of nitrogens with one attached hydrogen (secondary N) is 2. The zero-order chi connectivity index (χ0) is 16.3. The number of phenols is 1. The van der Waals surface area contributed by atoms with Gasteiger partial charge in [0.05, 0.1) is 5.56 Å². The number of hydrogen-bond acceptors (Lipinski definition) is 3. The number of amides is 2. The van der Waals surface area contributed by atoms with E-state index in [-0.39, 0.29) is 21.9 Å². The van der Waals surface area contributed by atoms with E-state index in [4.69, 9.17) is 11.6 Å². The number of carbonyl (C=O) groups excluding carboxylic acids is 2. The van der Waals surface area contributed by atoms with E-state index in [2.05, 4.69) is 26.8 Å². The Balaban J connectivity index is 2.07. The summed E-state index contributed by atoms with van der Waals surface area (Å²) in [5.74, 6) is -2.36. The maximum atomic E-state index is 13.2. The van der Waals surface area contributed by atoms with Gasteiger partial charge in [-0.3, -0.25) is 20.4 Å². The second-order valence-corrected chi connectivity index (χ2v) is 5.58. The Hall–Kier alpha value is -2.12. The first-order valence-electron chi connectivity index (χ1n) is 5.92. The molecule has 0 aliphatic carbocycles. The topological polar surface area (TPSA) is 78.4 Å². The van der Waals surface area contributed by atoms with E-state index in [1.165, 1.54) is 30.3 Å². The van der Waals surface area contributed by atoms with Crippen molar-refractivity contribution in [3.63, 3.8) is 0 Å². The fourth-order valence-electron chi connectivity index (χ4n) is 1.63. The van der Waals surface area contributed by atoms with Gasteiger partial charge in [-0.25, -0.2) is 4.39 Å². The molecule has 0 atom stereocenters. The van der Waals surface area contributed by atoms with E-state index >= 15 is 0 Å². The van der Waals surface area contributed by atoms with Crippen LogP contribution in [0.3, 0.4) is 0 Å². The van der Waals surface area contributed by atoms with Crippen molar-refractivity contribution in [1.82, 2.24) is 10.9 Å². The highest BCUT2D eigenvalue weighted by atomic mass is 79.9. The molecular weight excluding hydrogens is 379 g/mol. The molecule has 2 amide bonds. The van der Waals surface area contributed by atoms with Crippen molar-refractivity contribution in [2.45, 2.75) is 0 Å². The van der Waals surface area contributed by atoms with Gasteiger partial charge in [0, 0.05) is 15.1 Å². The lowest BCUT2D eigenvalue weighted by molar-refractivity contribution is 0.0845. The molecule has 114 valence electrons. The summed E-state index contributed by atoms with van der Waals surface area (Å²) in [7, 11) is 0. The van der Waals surface area contributed by atoms with Crippen LogP contribution >= 0.6 is 27.5 Å². The van der Waals surface area contributed by atoms with Crippen LogP contribution in [-0.2, 0) is 0 Å². The van der Waals surface area contributed by atoms with Gasteiger partial charge >= 0.3 is 0 Å². The standard InChI is InChI=1S/C14H9BrClFN2O3/c15-8-3-7(4-10(17)5-8)13(21)18-19-14(22)11-6-9(16)1-2-12(11)20/h1-6,20H,(H,18,21)(H,19,22). The van der Waals surface area contributed by atoms with Crippen LogP contribution < -0.4 is 10.9 Å². The lowest BCUT2D eigenvalue weighted by Crippen LogP contribution is -2.41. The van der Waals surface area contributed by atoms with Crippen LogP contribution in [0.25, 0.3) is 0 Å². The zero-order valence-corrected chi connectivity index (χ0v) is 13.2. The third-order valence-corrected chi connectivity index (χ3v) is 3.31. The molecule has 0 unspecified atom stereocenters. The number of aromatic hydroxyl groups is 1. The molecule has 2 rings (SSSR count). The molecule has 3 N–H and O–H groups in total. The van der Waals surface area contributed by atoms with Gasteiger partial charge in [-0.1, -0.05) is 27.5 Å². The van der Waals surface area contributed by atoms with Crippen LogP contribution in [0.1, 0.15) is 20.7 Å². The third-order valence-electron chi connectivity index (χ3n) is 2.62. The van der Waals surface area contributed by atoms with E-state index in [1.807, 2.05) is 0 Å². The van der Waals surface area contributed by atoms with E-state index in [0.717, 1.165) is 6.07 Å². The van der Waals surface area contributed by atoms with E-state index < -0.39 is 17.6 Å². The normalized spacial score (nSPS) is 10.1. The predicted octanol–water partition coefficient (Wildman–Crippen LogP) is 3.02. The summed E-state index contributed by atoms with van der Waals surface area (Å²) in [4.78, 5) is 23.7. The minimum atomic E-state index is -0.760. The Morgan fingerprint density at radius 1 is 1.09 bits per heavy atom. The minimum Gasteiger partial charge on any atom is -0.507 e. The summed E-state index contributed by atoms with van der Waals surface area (Å²) in [5.41, 5.74) is 4.14. The lowest BCUT2D eigenvalue weighted by atomic mass is 10.2. The van der Waals surface area contributed by atoms with Gasteiger partial charge in [0.1, 0.15) is 11.6 Å².